The highest BCUT2D eigenvalue weighted by Gasteiger charge is 2.31. The molecule has 0 atom stereocenters. The van der Waals surface area contributed by atoms with Crippen LogP contribution >= 0.6 is 0 Å². The number of hydrogen-bond acceptors (Lipinski definition) is 4. The fraction of sp³-hybridized carbons (Fsp3) is 0.143. The topological polar surface area (TPSA) is 42.6 Å². The molecule has 3 aromatic rings. The van der Waals surface area contributed by atoms with Gasteiger partial charge >= 0.3 is 6.18 Å². The molecular formula is C21H17F3N4O. The number of allylic oxidation sites excluding steroid dienone is 1. The number of rotatable bonds is 4. The van der Waals surface area contributed by atoms with E-state index in [1.54, 1.807) is 30.3 Å². The molecule has 0 spiro atoms. The van der Waals surface area contributed by atoms with Gasteiger partial charge in [-0.1, -0.05) is 24.3 Å². The van der Waals surface area contributed by atoms with Crippen LogP contribution in [0.3, 0.4) is 0 Å². The van der Waals surface area contributed by atoms with Crippen LogP contribution in [0.2, 0.25) is 0 Å². The Bertz CT molecular complexity index is 1090. The normalized spacial score (nSPS) is 14.1. The summed E-state index contributed by atoms with van der Waals surface area (Å²) in [6, 6.07) is 14.3. The van der Waals surface area contributed by atoms with Crippen molar-refractivity contribution in [2.45, 2.75) is 12.6 Å². The third-order valence-corrected chi connectivity index (χ3v) is 4.48. The van der Waals surface area contributed by atoms with Gasteiger partial charge in [-0.15, -0.1) is 0 Å². The van der Waals surface area contributed by atoms with Crippen molar-refractivity contribution in [1.82, 2.24) is 9.78 Å². The number of halogens is 3. The van der Waals surface area contributed by atoms with Gasteiger partial charge in [0.2, 0.25) is 0 Å². The number of hydrazone groups is 1. The number of methoxy groups -OCH3 is 1. The maximum atomic E-state index is 13.1. The Morgan fingerprint density at radius 1 is 1.03 bits per heavy atom. The van der Waals surface area contributed by atoms with E-state index < -0.39 is 11.7 Å². The van der Waals surface area contributed by atoms with E-state index in [1.807, 2.05) is 36.4 Å². The maximum absolute atomic E-state index is 13.1. The highest BCUT2D eigenvalue weighted by atomic mass is 19.4. The Hall–Kier alpha value is -3.55. The van der Waals surface area contributed by atoms with Gasteiger partial charge in [-0.05, 0) is 36.4 Å². The number of nitrogens with zero attached hydrogens (tertiary/aromatic N) is 4. The number of alkyl halides is 3. The molecule has 4 rings (SSSR count). The fourth-order valence-electron chi connectivity index (χ4n) is 3.11. The predicted molar refractivity (Wildman–Crippen MR) is 104 cm³/mol. The van der Waals surface area contributed by atoms with Gasteiger partial charge in [0.15, 0.2) is 0 Å². The summed E-state index contributed by atoms with van der Waals surface area (Å²) in [4.78, 5) is 0. The summed E-state index contributed by atoms with van der Waals surface area (Å²) in [6.45, 7) is 0. The Labute approximate surface area is 165 Å². The van der Waals surface area contributed by atoms with Crippen molar-refractivity contribution in [3.05, 3.63) is 84.3 Å². The molecule has 0 bridgehead atoms. The lowest BCUT2D eigenvalue weighted by atomic mass is 10.1. The van der Waals surface area contributed by atoms with Crippen LogP contribution in [0.5, 0.6) is 5.75 Å². The number of benzene rings is 2. The number of anilines is 1. The summed E-state index contributed by atoms with van der Waals surface area (Å²) < 4.78 is 46.3. The molecule has 1 aliphatic heterocycles. The second-order valence-corrected chi connectivity index (χ2v) is 6.33. The molecule has 0 aliphatic carbocycles. The second kappa shape index (κ2) is 7.46. The van der Waals surface area contributed by atoms with Crippen molar-refractivity contribution >= 4 is 11.4 Å². The molecule has 0 amide bonds. The van der Waals surface area contributed by atoms with E-state index in [9.17, 15) is 13.2 Å². The van der Waals surface area contributed by atoms with Gasteiger partial charge in [-0.3, -0.25) is 0 Å². The van der Waals surface area contributed by atoms with Gasteiger partial charge in [0, 0.05) is 12.6 Å². The first kappa shape index (κ1) is 18.8. The predicted octanol–water partition coefficient (Wildman–Crippen LogP) is 5.03. The van der Waals surface area contributed by atoms with E-state index in [-0.39, 0.29) is 0 Å². The zero-order valence-corrected chi connectivity index (χ0v) is 15.5. The molecule has 0 fully saturated rings. The molecule has 1 aromatic heterocycles. The van der Waals surface area contributed by atoms with Gasteiger partial charge in [-0.2, -0.15) is 23.4 Å². The lowest BCUT2D eigenvalue weighted by Crippen LogP contribution is -2.20. The first-order chi connectivity index (χ1) is 14.0. The van der Waals surface area contributed by atoms with Crippen LogP contribution in [0.15, 0.2) is 78.2 Å². The van der Waals surface area contributed by atoms with Crippen LogP contribution in [-0.4, -0.2) is 22.6 Å². The van der Waals surface area contributed by atoms with E-state index >= 15 is 0 Å². The van der Waals surface area contributed by atoms with Crippen LogP contribution in [-0.2, 0) is 6.18 Å². The van der Waals surface area contributed by atoms with Crippen LogP contribution < -0.4 is 9.75 Å². The average molecular weight is 398 g/mol. The molecular weight excluding hydrogens is 381 g/mol. The Morgan fingerprint density at radius 2 is 1.86 bits per heavy atom. The SMILES string of the molecule is COc1ccccc1-n1nccc1C1=NN(c2cccc(C(F)(F)F)c2)C=CC1. The standard InChI is InChI=1S/C21H17F3N4O/c1-29-20-10-3-2-9-19(20)28-18(11-12-25-28)17-8-5-13-27(26-17)16-7-4-6-15(14-16)21(22,23)24/h2-7,9-14H,8H2,1H3. The van der Waals surface area contributed by atoms with Crippen molar-refractivity contribution in [2.24, 2.45) is 5.10 Å². The number of hydrogen-bond donors (Lipinski definition) is 0. The quantitative estimate of drug-likeness (QED) is 0.619. The van der Waals surface area contributed by atoms with Crippen LogP contribution in [0.25, 0.3) is 5.69 Å². The maximum Gasteiger partial charge on any atom is 0.416 e. The van der Waals surface area contributed by atoms with E-state index in [2.05, 4.69) is 10.2 Å². The van der Waals surface area contributed by atoms with Crippen molar-refractivity contribution < 1.29 is 17.9 Å². The van der Waals surface area contributed by atoms with Gasteiger partial charge in [-0.25, -0.2) is 9.69 Å². The molecule has 0 radical (unpaired) electrons. The van der Waals surface area contributed by atoms with Gasteiger partial charge in [0.1, 0.15) is 11.4 Å². The first-order valence-corrected chi connectivity index (χ1v) is 8.86. The van der Waals surface area contributed by atoms with E-state index in [4.69, 9.17) is 4.74 Å². The molecule has 0 saturated carbocycles. The van der Waals surface area contributed by atoms with Crippen molar-refractivity contribution in [1.29, 1.82) is 0 Å². The smallest absolute Gasteiger partial charge is 0.416 e. The van der Waals surface area contributed by atoms with Crippen molar-refractivity contribution in [2.75, 3.05) is 12.1 Å². The second-order valence-electron chi connectivity index (χ2n) is 6.33. The minimum Gasteiger partial charge on any atom is -0.494 e. The minimum atomic E-state index is -4.41. The van der Waals surface area contributed by atoms with Gasteiger partial charge in [0.05, 0.1) is 36.0 Å². The third-order valence-electron chi connectivity index (χ3n) is 4.48. The van der Waals surface area contributed by atoms with E-state index in [0.717, 1.165) is 23.5 Å². The summed E-state index contributed by atoms with van der Waals surface area (Å²) in [7, 11) is 1.58. The molecule has 1 aliphatic rings. The largest absolute Gasteiger partial charge is 0.494 e. The molecule has 148 valence electrons. The average Bonchev–Trinajstić information content (AvgIpc) is 3.23. The molecule has 8 heteroatoms. The van der Waals surface area contributed by atoms with E-state index in [0.29, 0.717) is 23.6 Å². The van der Waals surface area contributed by atoms with Gasteiger partial charge < -0.3 is 4.74 Å². The Balaban J connectivity index is 1.72. The Kier molecular flexibility index (Phi) is 4.84. The highest BCUT2D eigenvalue weighted by molar-refractivity contribution is 6.01. The number of ether oxygens (including phenoxy) is 1. The van der Waals surface area contributed by atoms with Crippen LogP contribution in [0.4, 0.5) is 18.9 Å². The summed E-state index contributed by atoms with van der Waals surface area (Å²) >= 11 is 0. The number of para-hydroxylation sites is 2. The summed E-state index contributed by atoms with van der Waals surface area (Å²) in [5.74, 6) is 0.652. The molecule has 29 heavy (non-hydrogen) atoms. The summed E-state index contributed by atoms with van der Waals surface area (Å²) in [5, 5.41) is 10.4. The molecule has 0 N–H and O–H groups in total. The molecule has 2 heterocycles. The lowest BCUT2D eigenvalue weighted by molar-refractivity contribution is -0.137. The van der Waals surface area contributed by atoms with Crippen molar-refractivity contribution in [3.8, 4) is 11.4 Å². The summed E-state index contributed by atoms with van der Waals surface area (Å²) in [5.41, 5.74) is 1.77. The van der Waals surface area contributed by atoms with Crippen molar-refractivity contribution in [3.63, 3.8) is 0 Å². The summed E-state index contributed by atoms with van der Waals surface area (Å²) in [6.07, 6.45) is 1.27. The lowest BCUT2D eigenvalue weighted by Gasteiger charge is -2.22. The fourth-order valence-corrected chi connectivity index (χ4v) is 3.11. The molecule has 5 nitrogen and oxygen atoms in total. The minimum absolute atomic E-state index is 0.330. The van der Waals surface area contributed by atoms with Gasteiger partial charge in [0.25, 0.3) is 0 Å². The Morgan fingerprint density at radius 3 is 2.66 bits per heavy atom. The van der Waals surface area contributed by atoms with Crippen LogP contribution in [0, 0.1) is 0 Å². The van der Waals surface area contributed by atoms with Crippen LogP contribution in [0.1, 0.15) is 17.7 Å². The zero-order valence-electron chi connectivity index (χ0n) is 15.5. The molecule has 0 unspecified atom stereocenters. The number of aromatic nitrogens is 2. The monoisotopic (exact) mass is 398 g/mol. The third kappa shape index (κ3) is 3.73. The highest BCUT2D eigenvalue weighted by Crippen LogP contribution is 2.32. The molecule has 0 saturated heterocycles. The molecule has 2 aromatic carbocycles. The van der Waals surface area contributed by atoms with E-state index in [1.165, 1.54) is 11.1 Å². The zero-order chi connectivity index (χ0) is 20.4. The first-order valence-electron chi connectivity index (χ1n) is 8.86.